The van der Waals surface area contributed by atoms with Crippen molar-refractivity contribution in [2.75, 3.05) is 51.4 Å². The fourth-order valence-corrected chi connectivity index (χ4v) is 4.19. The van der Waals surface area contributed by atoms with Gasteiger partial charge >= 0.3 is 0 Å². The topological polar surface area (TPSA) is 111 Å². The van der Waals surface area contributed by atoms with Gasteiger partial charge in [0.25, 0.3) is 0 Å². The molecule has 10 heteroatoms. The van der Waals surface area contributed by atoms with Gasteiger partial charge in [-0.25, -0.2) is 14.5 Å². The zero-order chi connectivity index (χ0) is 21.4. The van der Waals surface area contributed by atoms with Crippen molar-refractivity contribution in [2.45, 2.75) is 12.0 Å². The summed E-state index contributed by atoms with van der Waals surface area (Å²) >= 11 is 0. The molecule has 0 spiro atoms. The molecule has 5 heterocycles. The van der Waals surface area contributed by atoms with Gasteiger partial charge in [-0.2, -0.15) is 5.10 Å². The molecule has 3 aromatic heterocycles. The molecule has 162 valence electrons. The van der Waals surface area contributed by atoms with Crippen LogP contribution in [0.1, 0.15) is 6.42 Å². The maximum absolute atomic E-state index is 12.8. The van der Waals surface area contributed by atoms with Crippen molar-refractivity contribution >= 4 is 17.4 Å². The summed E-state index contributed by atoms with van der Waals surface area (Å²) in [6.45, 7) is 3.42. The molecule has 2 fully saturated rings. The van der Waals surface area contributed by atoms with Crippen LogP contribution in [0.3, 0.4) is 0 Å². The van der Waals surface area contributed by atoms with Crippen LogP contribution in [0.15, 0.2) is 36.8 Å². The highest BCUT2D eigenvalue weighted by Crippen LogP contribution is 2.31. The molecule has 0 aromatic carbocycles. The van der Waals surface area contributed by atoms with Crippen molar-refractivity contribution in [1.82, 2.24) is 24.5 Å². The van der Waals surface area contributed by atoms with Gasteiger partial charge in [-0.05, 0) is 24.6 Å². The van der Waals surface area contributed by atoms with Gasteiger partial charge in [-0.15, -0.1) is 0 Å². The maximum atomic E-state index is 12.8. The van der Waals surface area contributed by atoms with Gasteiger partial charge in [-0.1, -0.05) is 0 Å². The quantitative estimate of drug-likeness (QED) is 0.648. The molecule has 2 aliphatic heterocycles. The Morgan fingerprint density at radius 3 is 2.81 bits per heavy atom. The molecule has 5 rings (SSSR count). The number of nitrogens with two attached hydrogens (primary N) is 1. The molecule has 2 aliphatic rings. The highest BCUT2D eigenvalue weighted by Gasteiger charge is 2.41. The number of piperazine rings is 1. The first-order valence-corrected chi connectivity index (χ1v) is 10.3. The van der Waals surface area contributed by atoms with Crippen molar-refractivity contribution < 1.29 is 14.3 Å². The predicted molar refractivity (Wildman–Crippen MR) is 114 cm³/mol. The number of anilines is 1. The van der Waals surface area contributed by atoms with Crippen LogP contribution in [-0.2, 0) is 9.53 Å². The van der Waals surface area contributed by atoms with E-state index >= 15 is 0 Å². The fourth-order valence-electron chi connectivity index (χ4n) is 4.19. The number of amides is 1. The van der Waals surface area contributed by atoms with Crippen LogP contribution in [0.2, 0.25) is 0 Å². The highest BCUT2D eigenvalue weighted by molar-refractivity contribution is 5.87. The van der Waals surface area contributed by atoms with E-state index in [1.807, 2.05) is 29.3 Å². The van der Waals surface area contributed by atoms with Gasteiger partial charge < -0.3 is 25.0 Å². The lowest BCUT2D eigenvalue weighted by Gasteiger charge is -2.38. The number of hydrogen-bond acceptors (Lipinski definition) is 8. The standard InChI is InChI=1S/C21H25N7O3/c1-30-19-15(3-2-6-23-19)16-13-24-28-7-4-17(25-18(16)28)26-8-10-27(11-9-26)20(29)21(22)5-12-31-14-21/h2-4,6-7,13H,5,8-12,14,22H2,1H3. The number of carbonyl (C=O) groups is 1. The lowest BCUT2D eigenvalue weighted by molar-refractivity contribution is -0.137. The number of fused-ring (bicyclic) bond motifs is 1. The van der Waals surface area contributed by atoms with E-state index in [1.165, 1.54) is 0 Å². The molecule has 31 heavy (non-hydrogen) atoms. The minimum Gasteiger partial charge on any atom is -0.481 e. The summed E-state index contributed by atoms with van der Waals surface area (Å²) in [5, 5.41) is 4.42. The first-order valence-electron chi connectivity index (χ1n) is 10.3. The van der Waals surface area contributed by atoms with Crippen LogP contribution in [0.5, 0.6) is 5.88 Å². The van der Waals surface area contributed by atoms with Gasteiger partial charge in [0.05, 0.1) is 25.5 Å². The normalized spacial score (nSPS) is 21.6. The number of ether oxygens (including phenoxy) is 2. The van der Waals surface area contributed by atoms with Crippen LogP contribution in [-0.4, -0.2) is 82.4 Å². The molecular formula is C21H25N7O3. The molecular weight excluding hydrogens is 398 g/mol. The monoisotopic (exact) mass is 423 g/mol. The van der Waals surface area contributed by atoms with Gasteiger partial charge in [-0.3, -0.25) is 4.79 Å². The number of carbonyl (C=O) groups excluding carboxylic acids is 1. The van der Waals surface area contributed by atoms with Gasteiger partial charge in [0.1, 0.15) is 11.4 Å². The van der Waals surface area contributed by atoms with Crippen molar-refractivity contribution in [3.05, 3.63) is 36.8 Å². The van der Waals surface area contributed by atoms with Crippen LogP contribution < -0.4 is 15.4 Å². The first kappa shape index (κ1) is 19.7. The van der Waals surface area contributed by atoms with Gasteiger partial charge in [0.15, 0.2) is 5.65 Å². The Kier molecular flexibility index (Phi) is 4.95. The smallest absolute Gasteiger partial charge is 0.245 e. The van der Waals surface area contributed by atoms with Crippen molar-refractivity contribution in [2.24, 2.45) is 5.73 Å². The minimum absolute atomic E-state index is 0.0187. The van der Waals surface area contributed by atoms with Gasteiger partial charge in [0, 0.05) is 50.7 Å². The largest absolute Gasteiger partial charge is 0.481 e. The van der Waals surface area contributed by atoms with E-state index in [2.05, 4.69) is 15.0 Å². The third kappa shape index (κ3) is 3.47. The Hall–Kier alpha value is -3.24. The zero-order valence-corrected chi connectivity index (χ0v) is 17.4. The average molecular weight is 423 g/mol. The Balaban J connectivity index is 1.36. The molecule has 0 aliphatic carbocycles. The van der Waals surface area contributed by atoms with Gasteiger partial charge in [0.2, 0.25) is 11.8 Å². The van der Waals surface area contributed by atoms with Crippen LogP contribution >= 0.6 is 0 Å². The van der Waals surface area contributed by atoms with Crippen molar-refractivity contribution in [3.8, 4) is 17.0 Å². The summed E-state index contributed by atoms with van der Waals surface area (Å²) < 4.78 is 12.5. The molecule has 2 N–H and O–H groups in total. The van der Waals surface area contributed by atoms with Crippen molar-refractivity contribution in [3.63, 3.8) is 0 Å². The second-order valence-electron chi connectivity index (χ2n) is 7.91. The fraction of sp³-hybridized carbons (Fsp3) is 0.429. The lowest BCUT2D eigenvalue weighted by Crippen LogP contribution is -2.60. The molecule has 1 atom stereocenters. The minimum atomic E-state index is -0.880. The second-order valence-corrected chi connectivity index (χ2v) is 7.91. The van der Waals surface area contributed by atoms with Crippen molar-refractivity contribution in [1.29, 1.82) is 0 Å². The summed E-state index contributed by atoms with van der Waals surface area (Å²) in [5.74, 6) is 1.36. The maximum Gasteiger partial charge on any atom is 0.245 e. The summed E-state index contributed by atoms with van der Waals surface area (Å²) in [7, 11) is 1.60. The molecule has 3 aromatic rings. The Bertz CT molecular complexity index is 1100. The number of hydrogen-bond donors (Lipinski definition) is 1. The van der Waals surface area contributed by atoms with E-state index in [4.69, 9.17) is 20.2 Å². The van der Waals surface area contributed by atoms with E-state index in [1.54, 1.807) is 24.0 Å². The number of aromatic nitrogens is 4. The van der Waals surface area contributed by atoms with E-state index < -0.39 is 5.54 Å². The van der Waals surface area contributed by atoms with E-state index in [9.17, 15) is 4.79 Å². The summed E-state index contributed by atoms with van der Waals surface area (Å²) in [6, 6.07) is 5.75. The third-order valence-electron chi connectivity index (χ3n) is 5.98. The molecule has 1 unspecified atom stereocenters. The lowest BCUT2D eigenvalue weighted by atomic mass is 9.98. The SMILES string of the molecule is COc1ncccc1-c1cnn2ccc(N3CCN(C(=O)C4(N)CCOC4)CC3)nc12. The first-order chi connectivity index (χ1) is 15.1. The van der Waals surface area contributed by atoms with Crippen LogP contribution in [0.4, 0.5) is 5.82 Å². The zero-order valence-electron chi connectivity index (χ0n) is 17.4. The molecule has 1 amide bonds. The number of rotatable bonds is 4. The summed E-state index contributed by atoms with van der Waals surface area (Å²) in [6.07, 6.45) is 5.93. The predicted octanol–water partition coefficient (Wildman–Crippen LogP) is 0.566. The molecule has 0 bridgehead atoms. The van der Waals surface area contributed by atoms with E-state index in [0.29, 0.717) is 51.7 Å². The number of pyridine rings is 1. The third-order valence-corrected chi connectivity index (χ3v) is 5.98. The molecule has 0 saturated carbocycles. The van der Waals surface area contributed by atoms with E-state index in [0.717, 1.165) is 22.6 Å². The average Bonchev–Trinajstić information content (AvgIpc) is 3.45. The molecule has 10 nitrogen and oxygen atoms in total. The highest BCUT2D eigenvalue weighted by atomic mass is 16.5. The van der Waals surface area contributed by atoms with Crippen LogP contribution in [0, 0.1) is 0 Å². The summed E-state index contributed by atoms with van der Waals surface area (Å²) in [4.78, 5) is 26.0. The molecule has 0 radical (unpaired) electrons. The molecule has 2 saturated heterocycles. The number of methoxy groups -OCH3 is 1. The Morgan fingerprint density at radius 2 is 2.06 bits per heavy atom. The number of nitrogens with zero attached hydrogens (tertiary/aromatic N) is 6. The Morgan fingerprint density at radius 1 is 1.23 bits per heavy atom. The summed E-state index contributed by atoms with van der Waals surface area (Å²) in [5.41, 5.74) is 7.80. The second kappa shape index (κ2) is 7.78. The Labute approximate surface area is 179 Å². The van der Waals surface area contributed by atoms with E-state index in [-0.39, 0.29) is 5.91 Å². The van der Waals surface area contributed by atoms with Crippen LogP contribution in [0.25, 0.3) is 16.8 Å².